The first-order valence-electron chi connectivity index (χ1n) is 11.9. The lowest BCUT2D eigenvalue weighted by molar-refractivity contribution is 0.0950. The minimum absolute atomic E-state index is 0.0535. The van der Waals surface area contributed by atoms with Crippen LogP contribution in [-0.2, 0) is 13.6 Å². The highest BCUT2D eigenvalue weighted by Gasteiger charge is 2.28. The summed E-state index contributed by atoms with van der Waals surface area (Å²) in [7, 11) is 6.09. The number of halogens is 2. The normalized spacial score (nSPS) is 18.3. The fraction of sp³-hybridized carbons (Fsp3) is 0.538. The Hall–Kier alpha value is -2.02. The van der Waals surface area contributed by atoms with Crippen molar-refractivity contribution < 1.29 is 4.79 Å². The second-order valence-electron chi connectivity index (χ2n) is 9.47. The van der Waals surface area contributed by atoms with E-state index in [1.807, 2.05) is 19.9 Å². The third kappa shape index (κ3) is 5.61. The number of hydrogen-bond donors (Lipinski definition) is 1. The monoisotopic (exact) mass is 506 g/mol. The number of nitrogens with one attached hydrogen (secondary N) is 1. The lowest BCUT2D eigenvalue weighted by Crippen LogP contribution is -2.42. The Balaban J connectivity index is 1.83. The standard InChI is InChI=1S/C26H36Cl2N4O2/c1-7-32(20-10-8-19(9-11-20)30(4)5)23-14-18(27)13-21(17(23)3)26(34)29-15-22-24(33)12-16(2)31(6)25(22)28/h12-14,19-20H,7-11,15H2,1-6H3,(H,29,34). The smallest absolute Gasteiger partial charge is 0.251 e. The Morgan fingerprint density at radius 2 is 1.71 bits per heavy atom. The van der Waals surface area contributed by atoms with Crippen LogP contribution < -0.4 is 15.6 Å². The SMILES string of the molecule is CCN(c1cc(Cl)cc(C(=O)NCc2c(Cl)n(C)c(C)cc2=O)c1C)C1CCC(N(C)C)CC1. The van der Waals surface area contributed by atoms with Crippen molar-refractivity contribution in [2.45, 2.75) is 65.1 Å². The topological polar surface area (TPSA) is 57.6 Å². The molecule has 2 aromatic rings. The molecule has 1 heterocycles. The second-order valence-corrected chi connectivity index (χ2v) is 10.3. The highest BCUT2D eigenvalue weighted by atomic mass is 35.5. The number of rotatable bonds is 7. The quantitative estimate of drug-likeness (QED) is 0.540. The van der Waals surface area contributed by atoms with Crippen LogP contribution >= 0.6 is 23.2 Å². The molecule has 1 aliphatic rings. The van der Waals surface area contributed by atoms with Gasteiger partial charge in [0.05, 0.1) is 5.56 Å². The van der Waals surface area contributed by atoms with E-state index in [2.05, 4.69) is 36.1 Å². The van der Waals surface area contributed by atoms with Gasteiger partial charge in [0.25, 0.3) is 5.91 Å². The summed E-state index contributed by atoms with van der Waals surface area (Å²) in [6.07, 6.45) is 4.54. The molecule has 34 heavy (non-hydrogen) atoms. The van der Waals surface area contributed by atoms with Crippen LogP contribution in [0, 0.1) is 13.8 Å². The van der Waals surface area contributed by atoms with Crippen LogP contribution in [0.2, 0.25) is 10.2 Å². The summed E-state index contributed by atoms with van der Waals surface area (Å²) < 4.78 is 1.73. The molecule has 1 N–H and O–H groups in total. The first-order valence-corrected chi connectivity index (χ1v) is 12.7. The zero-order valence-corrected chi connectivity index (χ0v) is 22.6. The summed E-state index contributed by atoms with van der Waals surface area (Å²) in [5, 5.41) is 3.73. The first kappa shape index (κ1) is 26.6. The lowest BCUT2D eigenvalue weighted by Gasteiger charge is -2.40. The van der Waals surface area contributed by atoms with Crippen LogP contribution in [0.5, 0.6) is 0 Å². The number of aromatic nitrogens is 1. The molecule has 1 aromatic heterocycles. The molecule has 1 saturated carbocycles. The molecule has 0 unspecified atom stereocenters. The molecule has 186 valence electrons. The van der Waals surface area contributed by atoms with Crippen molar-refractivity contribution in [3.8, 4) is 0 Å². The summed E-state index contributed by atoms with van der Waals surface area (Å²) in [5.74, 6) is -0.271. The van der Waals surface area contributed by atoms with Gasteiger partial charge in [-0.05, 0) is 78.2 Å². The van der Waals surface area contributed by atoms with Gasteiger partial charge in [0.1, 0.15) is 5.15 Å². The second kappa shape index (κ2) is 11.1. The number of nitrogens with zero attached hydrogens (tertiary/aromatic N) is 3. The Labute approximate surface area is 212 Å². The minimum Gasteiger partial charge on any atom is -0.369 e. The predicted molar refractivity (Wildman–Crippen MR) is 142 cm³/mol. The van der Waals surface area contributed by atoms with Gasteiger partial charge in [-0.2, -0.15) is 0 Å². The molecule has 3 rings (SSSR count). The van der Waals surface area contributed by atoms with Gasteiger partial charge in [-0.25, -0.2) is 0 Å². The predicted octanol–water partition coefficient (Wildman–Crippen LogP) is 4.94. The van der Waals surface area contributed by atoms with Gasteiger partial charge in [0.2, 0.25) is 0 Å². The first-order chi connectivity index (χ1) is 16.0. The van der Waals surface area contributed by atoms with Crippen LogP contribution in [-0.4, -0.2) is 48.1 Å². The summed E-state index contributed by atoms with van der Waals surface area (Å²) in [6, 6.07) is 6.23. The number of aryl methyl sites for hydroxylation is 1. The van der Waals surface area contributed by atoms with Crippen LogP contribution in [0.25, 0.3) is 0 Å². The Kier molecular flexibility index (Phi) is 8.72. The number of carbonyl (C=O) groups excluding carboxylic acids is 1. The van der Waals surface area contributed by atoms with Gasteiger partial charge < -0.3 is 19.7 Å². The number of carbonyl (C=O) groups is 1. The molecule has 1 fully saturated rings. The maximum absolute atomic E-state index is 13.2. The van der Waals surface area contributed by atoms with Crippen molar-refractivity contribution in [3.63, 3.8) is 0 Å². The molecular weight excluding hydrogens is 471 g/mol. The van der Waals surface area contributed by atoms with Crippen molar-refractivity contribution in [2.24, 2.45) is 7.05 Å². The average Bonchev–Trinajstić information content (AvgIpc) is 2.80. The van der Waals surface area contributed by atoms with Gasteiger partial charge in [-0.3, -0.25) is 9.59 Å². The van der Waals surface area contributed by atoms with Gasteiger partial charge >= 0.3 is 0 Å². The number of hydrogen-bond acceptors (Lipinski definition) is 4. The fourth-order valence-electron chi connectivity index (χ4n) is 4.97. The van der Waals surface area contributed by atoms with E-state index in [1.165, 1.54) is 6.07 Å². The Morgan fingerprint density at radius 1 is 1.09 bits per heavy atom. The molecule has 0 radical (unpaired) electrons. The van der Waals surface area contributed by atoms with Gasteiger partial charge in [-0.15, -0.1) is 0 Å². The molecule has 1 aromatic carbocycles. The Bertz CT molecular complexity index is 1100. The lowest BCUT2D eigenvalue weighted by atomic mass is 9.89. The van der Waals surface area contributed by atoms with Gasteiger partial charge in [-0.1, -0.05) is 23.2 Å². The minimum atomic E-state index is -0.271. The van der Waals surface area contributed by atoms with Crippen molar-refractivity contribution in [1.82, 2.24) is 14.8 Å². The molecule has 0 aliphatic heterocycles. The summed E-state index contributed by atoms with van der Waals surface area (Å²) >= 11 is 12.9. The van der Waals surface area contributed by atoms with Crippen LogP contribution in [0.4, 0.5) is 5.69 Å². The molecule has 0 atom stereocenters. The maximum atomic E-state index is 13.2. The zero-order valence-electron chi connectivity index (χ0n) is 21.0. The van der Waals surface area contributed by atoms with Crippen LogP contribution in [0.15, 0.2) is 23.0 Å². The molecule has 0 saturated heterocycles. The van der Waals surface area contributed by atoms with Crippen molar-refractivity contribution >= 4 is 34.8 Å². The third-order valence-corrected chi connectivity index (χ3v) is 7.91. The van der Waals surface area contributed by atoms with E-state index in [0.717, 1.165) is 49.2 Å². The van der Waals surface area contributed by atoms with E-state index >= 15 is 0 Å². The van der Waals surface area contributed by atoms with E-state index < -0.39 is 0 Å². The largest absolute Gasteiger partial charge is 0.369 e. The molecular formula is C26H36Cl2N4O2. The number of amides is 1. The molecule has 1 aliphatic carbocycles. The van der Waals surface area contributed by atoms with Crippen molar-refractivity contribution in [1.29, 1.82) is 0 Å². The molecule has 1 amide bonds. The maximum Gasteiger partial charge on any atom is 0.251 e. The van der Waals surface area contributed by atoms with E-state index in [1.54, 1.807) is 17.7 Å². The molecule has 0 spiro atoms. The van der Waals surface area contributed by atoms with Crippen molar-refractivity contribution in [2.75, 3.05) is 25.5 Å². The molecule has 8 heteroatoms. The zero-order chi connectivity index (χ0) is 25.2. The highest BCUT2D eigenvalue weighted by molar-refractivity contribution is 6.31. The van der Waals surface area contributed by atoms with E-state index in [4.69, 9.17) is 23.2 Å². The summed E-state index contributed by atoms with van der Waals surface area (Å²) in [6.45, 7) is 6.82. The average molecular weight is 508 g/mol. The summed E-state index contributed by atoms with van der Waals surface area (Å²) in [4.78, 5) is 30.3. The van der Waals surface area contributed by atoms with Crippen LogP contribution in [0.3, 0.4) is 0 Å². The van der Waals surface area contributed by atoms with E-state index in [0.29, 0.717) is 33.4 Å². The van der Waals surface area contributed by atoms with Crippen molar-refractivity contribution in [3.05, 3.63) is 61.0 Å². The van der Waals surface area contributed by atoms with Crippen LogP contribution in [0.1, 0.15) is 59.8 Å². The van der Waals surface area contributed by atoms with E-state index in [-0.39, 0.29) is 17.9 Å². The highest BCUT2D eigenvalue weighted by Crippen LogP contribution is 2.34. The van der Waals surface area contributed by atoms with Gasteiger partial charge in [0.15, 0.2) is 5.43 Å². The number of benzene rings is 1. The van der Waals surface area contributed by atoms with E-state index in [9.17, 15) is 9.59 Å². The van der Waals surface area contributed by atoms with Gasteiger partial charge in [0, 0.05) is 60.3 Å². The molecule has 0 bridgehead atoms. The number of pyridine rings is 1. The third-order valence-electron chi connectivity index (χ3n) is 7.21. The summed E-state index contributed by atoms with van der Waals surface area (Å²) in [5.41, 5.74) is 3.35. The fourth-order valence-corrected chi connectivity index (χ4v) is 5.47. The number of anilines is 1. The Morgan fingerprint density at radius 3 is 2.29 bits per heavy atom. The molecule has 6 nitrogen and oxygen atoms in total.